The van der Waals surface area contributed by atoms with Gasteiger partial charge in [0.05, 0.1) is 5.69 Å². The molecular formula is C16H20F2N2O5. The van der Waals surface area contributed by atoms with E-state index in [0.717, 1.165) is 0 Å². The number of nitrogens with zero attached hydrogens (tertiary/aromatic N) is 1. The first kappa shape index (κ1) is 18.8. The summed E-state index contributed by atoms with van der Waals surface area (Å²) in [7, 11) is 1.45. The van der Waals surface area contributed by atoms with E-state index in [9.17, 15) is 18.4 Å². The number of anilines is 1. The molecule has 1 aliphatic rings. The number of benzene rings is 1. The van der Waals surface area contributed by atoms with E-state index < -0.39 is 30.3 Å². The van der Waals surface area contributed by atoms with Gasteiger partial charge in [-0.05, 0) is 32.9 Å². The van der Waals surface area contributed by atoms with Crippen LogP contribution in [0.15, 0.2) is 18.2 Å². The Hall–Kier alpha value is -2.58. The summed E-state index contributed by atoms with van der Waals surface area (Å²) in [4.78, 5) is 25.6. The molecule has 2 rings (SSSR count). The number of carbonyl (C=O) groups is 2. The van der Waals surface area contributed by atoms with Crippen molar-refractivity contribution in [1.82, 2.24) is 5.32 Å². The second-order valence-electron chi connectivity index (χ2n) is 6.42. The van der Waals surface area contributed by atoms with Crippen LogP contribution in [0.5, 0.6) is 11.5 Å². The van der Waals surface area contributed by atoms with Crippen molar-refractivity contribution < 1.29 is 32.6 Å². The first-order valence-corrected chi connectivity index (χ1v) is 7.55. The monoisotopic (exact) mass is 358 g/mol. The highest BCUT2D eigenvalue weighted by molar-refractivity contribution is 6.00. The summed E-state index contributed by atoms with van der Waals surface area (Å²) < 4.78 is 39.7. The number of nitrogens with one attached hydrogen (secondary N) is 1. The number of likely N-dealkylation sites (N-methyl/N-ethyl adjacent to an activating group) is 1. The summed E-state index contributed by atoms with van der Waals surface area (Å²) in [6.45, 7) is 2.00. The van der Waals surface area contributed by atoms with Crippen LogP contribution >= 0.6 is 0 Å². The van der Waals surface area contributed by atoms with E-state index in [4.69, 9.17) is 9.47 Å². The van der Waals surface area contributed by atoms with Crippen LogP contribution in [0.25, 0.3) is 0 Å². The molecule has 1 atom stereocenters. The van der Waals surface area contributed by atoms with Crippen LogP contribution in [0.1, 0.15) is 20.8 Å². The van der Waals surface area contributed by atoms with Crippen molar-refractivity contribution in [2.45, 2.75) is 39.0 Å². The maximum atomic E-state index is 12.5. The van der Waals surface area contributed by atoms with Crippen LogP contribution < -0.4 is 19.7 Å². The molecule has 0 saturated heterocycles. The quantitative estimate of drug-likeness (QED) is 0.899. The highest BCUT2D eigenvalue weighted by Gasteiger charge is 2.32. The molecule has 1 aliphatic heterocycles. The molecule has 1 aromatic rings. The predicted octanol–water partition coefficient (Wildman–Crippen LogP) is 2.54. The number of hydrogen-bond donors (Lipinski definition) is 1. The van der Waals surface area contributed by atoms with Crippen molar-refractivity contribution >= 4 is 17.7 Å². The first-order valence-electron chi connectivity index (χ1n) is 7.55. The fourth-order valence-corrected chi connectivity index (χ4v) is 2.21. The summed E-state index contributed by atoms with van der Waals surface area (Å²) >= 11 is 0. The van der Waals surface area contributed by atoms with Gasteiger partial charge in [-0.1, -0.05) is 0 Å². The van der Waals surface area contributed by atoms with Crippen LogP contribution in [0.3, 0.4) is 0 Å². The van der Waals surface area contributed by atoms with Gasteiger partial charge in [0.15, 0.2) is 0 Å². The van der Waals surface area contributed by atoms with E-state index in [1.165, 1.54) is 30.1 Å². The summed E-state index contributed by atoms with van der Waals surface area (Å²) in [5, 5.41) is 2.45. The SMILES string of the molecule is CN1C(=O)[C@@H](NC(=O)OC(C)(C)C)COc2ccc(OC(F)F)cc21. The van der Waals surface area contributed by atoms with E-state index >= 15 is 0 Å². The zero-order valence-corrected chi connectivity index (χ0v) is 14.3. The van der Waals surface area contributed by atoms with E-state index in [2.05, 4.69) is 10.1 Å². The Balaban J connectivity index is 2.16. The van der Waals surface area contributed by atoms with Gasteiger partial charge in [0, 0.05) is 13.1 Å². The molecule has 1 heterocycles. The number of alkyl halides is 2. The van der Waals surface area contributed by atoms with Crippen LogP contribution in [-0.2, 0) is 9.53 Å². The highest BCUT2D eigenvalue weighted by Crippen LogP contribution is 2.34. The van der Waals surface area contributed by atoms with Gasteiger partial charge in [0.1, 0.15) is 29.7 Å². The van der Waals surface area contributed by atoms with Crippen LogP contribution in [0.4, 0.5) is 19.3 Å². The second-order valence-corrected chi connectivity index (χ2v) is 6.42. The number of rotatable bonds is 3. The molecule has 0 fully saturated rings. The zero-order chi connectivity index (χ0) is 18.8. The van der Waals surface area contributed by atoms with Crippen LogP contribution in [0, 0.1) is 0 Å². The second kappa shape index (κ2) is 7.12. The smallest absolute Gasteiger partial charge is 0.408 e. The highest BCUT2D eigenvalue weighted by atomic mass is 19.3. The summed E-state index contributed by atoms with van der Waals surface area (Å²) in [5.41, 5.74) is -0.452. The molecule has 1 aromatic carbocycles. The Morgan fingerprint density at radius 2 is 2.08 bits per heavy atom. The fraction of sp³-hybridized carbons (Fsp3) is 0.500. The van der Waals surface area contributed by atoms with Crippen molar-refractivity contribution in [3.63, 3.8) is 0 Å². The van der Waals surface area contributed by atoms with Gasteiger partial charge in [0.25, 0.3) is 5.91 Å². The molecule has 0 aliphatic carbocycles. The largest absolute Gasteiger partial charge is 0.489 e. The van der Waals surface area contributed by atoms with Crippen molar-refractivity contribution in [2.24, 2.45) is 0 Å². The molecule has 1 N–H and O–H groups in total. The molecule has 25 heavy (non-hydrogen) atoms. The summed E-state index contributed by atoms with van der Waals surface area (Å²) in [6.07, 6.45) is -0.754. The number of fused-ring (bicyclic) bond motifs is 1. The molecule has 7 nitrogen and oxygen atoms in total. The minimum atomic E-state index is -2.98. The normalized spacial score (nSPS) is 17.5. The van der Waals surface area contributed by atoms with Gasteiger partial charge >= 0.3 is 12.7 Å². The van der Waals surface area contributed by atoms with Gasteiger partial charge < -0.3 is 24.4 Å². The van der Waals surface area contributed by atoms with E-state index in [1.54, 1.807) is 20.8 Å². The zero-order valence-electron chi connectivity index (χ0n) is 14.3. The topological polar surface area (TPSA) is 77.1 Å². The molecule has 0 bridgehead atoms. The van der Waals surface area contributed by atoms with Gasteiger partial charge in [0.2, 0.25) is 0 Å². The minimum absolute atomic E-state index is 0.101. The lowest BCUT2D eigenvalue weighted by Gasteiger charge is -2.23. The van der Waals surface area contributed by atoms with E-state index in [0.29, 0.717) is 5.75 Å². The molecule has 9 heteroatoms. The molecular weight excluding hydrogens is 338 g/mol. The molecule has 0 saturated carbocycles. The Kier molecular flexibility index (Phi) is 5.34. The lowest BCUT2D eigenvalue weighted by Crippen LogP contribution is -2.50. The Morgan fingerprint density at radius 3 is 2.68 bits per heavy atom. The average Bonchev–Trinajstić information content (AvgIpc) is 2.57. The maximum absolute atomic E-state index is 12.5. The fourth-order valence-electron chi connectivity index (χ4n) is 2.21. The molecule has 0 radical (unpaired) electrons. The van der Waals surface area contributed by atoms with Crippen molar-refractivity contribution in [3.05, 3.63) is 18.2 Å². The first-order chi connectivity index (χ1) is 11.6. The number of carbonyl (C=O) groups excluding carboxylic acids is 2. The third kappa shape index (κ3) is 4.94. The molecule has 2 amide bonds. The van der Waals surface area contributed by atoms with Crippen LogP contribution in [0.2, 0.25) is 0 Å². The van der Waals surface area contributed by atoms with Crippen molar-refractivity contribution in [3.8, 4) is 11.5 Å². The predicted molar refractivity (Wildman–Crippen MR) is 85.1 cm³/mol. The Labute approximate surface area is 143 Å². The third-order valence-corrected chi connectivity index (χ3v) is 3.24. The standard InChI is InChI=1S/C16H20F2N2O5/c1-16(2,3)25-15(22)19-10-8-23-12-6-5-9(24-14(17)18)7-11(12)20(4)13(10)21/h5-7,10,14H,8H2,1-4H3,(H,19,22)/t10-/m0/s1. The minimum Gasteiger partial charge on any atom is -0.489 e. The van der Waals surface area contributed by atoms with E-state index in [1.807, 2.05) is 0 Å². The third-order valence-electron chi connectivity index (χ3n) is 3.24. The molecule has 0 spiro atoms. The van der Waals surface area contributed by atoms with Gasteiger partial charge in [-0.3, -0.25) is 4.79 Å². The van der Waals surface area contributed by atoms with Gasteiger partial charge in [-0.15, -0.1) is 0 Å². The van der Waals surface area contributed by atoms with Crippen molar-refractivity contribution in [2.75, 3.05) is 18.6 Å². The maximum Gasteiger partial charge on any atom is 0.408 e. The molecule has 0 aromatic heterocycles. The van der Waals surface area contributed by atoms with Crippen molar-refractivity contribution in [1.29, 1.82) is 0 Å². The van der Waals surface area contributed by atoms with E-state index in [-0.39, 0.29) is 18.0 Å². The number of alkyl carbamates (subject to hydrolysis) is 1. The number of ether oxygens (including phenoxy) is 3. The number of halogens is 2. The van der Waals surface area contributed by atoms with Gasteiger partial charge in [-0.25, -0.2) is 4.79 Å². The van der Waals surface area contributed by atoms with Gasteiger partial charge in [-0.2, -0.15) is 8.78 Å². The Bertz CT molecular complexity index is 660. The number of hydrogen-bond acceptors (Lipinski definition) is 5. The lowest BCUT2D eigenvalue weighted by molar-refractivity contribution is -0.120. The average molecular weight is 358 g/mol. The molecule has 138 valence electrons. The Morgan fingerprint density at radius 1 is 1.40 bits per heavy atom. The summed E-state index contributed by atoms with van der Waals surface area (Å²) in [5.74, 6) is -0.264. The summed E-state index contributed by atoms with van der Waals surface area (Å²) in [6, 6.07) is 3.03. The lowest BCUT2D eigenvalue weighted by atomic mass is 10.2. The number of amides is 2. The molecule has 0 unspecified atom stereocenters. The van der Waals surface area contributed by atoms with Crippen LogP contribution in [-0.4, -0.2) is 43.9 Å².